The smallest absolute Gasteiger partial charge is 0.325 e. The van der Waals surface area contributed by atoms with E-state index < -0.39 is 16.0 Å². The van der Waals surface area contributed by atoms with Gasteiger partial charge in [-0.1, -0.05) is 0 Å². The van der Waals surface area contributed by atoms with Gasteiger partial charge in [-0.15, -0.1) is 0 Å². The molecule has 0 atom stereocenters. The minimum absolute atomic E-state index is 0.0705. The molecule has 7 nitrogen and oxygen atoms in total. The summed E-state index contributed by atoms with van der Waals surface area (Å²) in [5.74, 6) is -0.796. The number of hydrogen-bond acceptors (Lipinski definition) is 5. The van der Waals surface area contributed by atoms with Crippen molar-refractivity contribution in [3.05, 3.63) is 0 Å². The van der Waals surface area contributed by atoms with E-state index in [1.54, 1.807) is 14.0 Å². The molecule has 0 spiro atoms. The Morgan fingerprint density at radius 3 is 2.30 bits per heavy atom. The maximum atomic E-state index is 12.1. The predicted molar refractivity (Wildman–Crippen MR) is 73.4 cm³/mol. The fourth-order valence-electron chi connectivity index (χ4n) is 2.22. The van der Waals surface area contributed by atoms with Gasteiger partial charge in [0.15, 0.2) is 0 Å². The van der Waals surface area contributed by atoms with Crippen molar-refractivity contribution in [3.8, 4) is 0 Å². The molecule has 0 N–H and O–H groups in total. The molecule has 0 radical (unpaired) electrons. The number of piperidine rings is 1. The quantitative estimate of drug-likeness (QED) is 0.650. The predicted octanol–water partition coefficient (Wildman–Crippen LogP) is -0.320. The van der Waals surface area contributed by atoms with E-state index in [0.29, 0.717) is 25.9 Å². The molecular formula is C12H22N2O5S. The Balaban J connectivity index is 2.48. The van der Waals surface area contributed by atoms with Crippen LogP contribution in [0.5, 0.6) is 0 Å². The molecule has 1 fully saturated rings. The van der Waals surface area contributed by atoms with E-state index in [1.807, 2.05) is 0 Å². The highest BCUT2D eigenvalue weighted by Crippen LogP contribution is 2.20. The van der Waals surface area contributed by atoms with Gasteiger partial charge in [0.05, 0.1) is 12.9 Å². The summed E-state index contributed by atoms with van der Waals surface area (Å²) in [5.41, 5.74) is 0. The molecule has 0 aromatic rings. The maximum absolute atomic E-state index is 12.1. The summed E-state index contributed by atoms with van der Waals surface area (Å²) >= 11 is 0. The Bertz CT molecular complexity index is 454. The normalized spacial score (nSPS) is 17.8. The number of esters is 1. The zero-order chi connectivity index (χ0) is 15.3. The van der Waals surface area contributed by atoms with Crippen LogP contribution in [0.3, 0.4) is 0 Å². The summed E-state index contributed by atoms with van der Waals surface area (Å²) in [6.45, 7) is 2.62. The van der Waals surface area contributed by atoms with Gasteiger partial charge in [-0.2, -0.15) is 0 Å². The molecule has 0 aromatic carbocycles. The lowest BCUT2D eigenvalue weighted by atomic mass is 9.97. The summed E-state index contributed by atoms with van der Waals surface area (Å²) in [5, 5.41) is 0. The third kappa shape index (κ3) is 4.75. The van der Waals surface area contributed by atoms with Crippen molar-refractivity contribution in [1.29, 1.82) is 0 Å². The van der Waals surface area contributed by atoms with Gasteiger partial charge in [-0.05, 0) is 19.8 Å². The number of rotatable bonds is 5. The van der Waals surface area contributed by atoms with E-state index in [1.165, 1.54) is 15.5 Å². The molecule has 0 aromatic heterocycles. The van der Waals surface area contributed by atoms with Crippen molar-refractivity contribution in [2.24, 2.45) is 5.92 Å². The maximum Gasteiger partial charge on any atom is 0.325 e. The Hall–Kier alpha value is -1.15. The molecule has 116 valence electrons. The minimum Gasteiger partial charge on any atom is -0.465 e. The van der Waals surface area contributed by atoms with E-state index >= 15 is 0 Å². The summed E-state index contributed by atoms with van der Waals surface area (Å²) in [6, 6.07) is 0. The standard InChI is InChI=1S/C12H22N2O5S/c1-4-19-11(15)9-13(2)12(16)10-5-7-14(8-6-10)20(3,17)18/h10H,4-9H2,1-3H3. The van der Waals surface area contributed by atoms with Gasteiger partial charge >= 0.3 is 5.97 Å². The van der Waals surface area contributed by atoms with Crippen LogP contribution in [0.15, 0.2) is 0 Å². The number of carbonyl (C=O) groups excluding carboxylic acids is 2. The Kier molecular flexibility index (Phi) is 5.94. The first kappa shape index (κ1) is 16.9. The van der Waals surface area contributed by atoms with Crippen LogP contribution in [-0.2, 0) is 24.3 Å². The van der Waals surface area contributed by atoms with Gasteiger partial charge < -0.3 is 9.64 Å². The zero-order valence-corrected chi connectivity index (χ0v) is 13.0. The molecule has 8 heteroatoms. The summed E-state index contributed by atoms with van der Waals surface area (Å²) in [6.07, 6.45) is 2.14. The van der Waals surface area contributed by atoms with Crippen molar-refractivity contribution in [2.75, 3.05) is 39.5 Å². The van der Waals surface area contributed by atoms with Gasteiger partial charge in [0.2, 0.25) is 15.9 Å². The third-order valence-corrected chi connectivity index (χ3v) is 4.62. The van der Waals surface area contributed by atoms with Crippen LogP contribution in [-0.4, -0.2) is 69.0 Å². The fourth-order valence-corrected chi connectivity index (χ4v) is 3.10. The lowest BCUT2D eigenvalue weighted by molar-refractivity contribution is -0.149. The highest BCUT2D eigenvalue weighted by Gasteiger charge is 2.30. The van der Waals surface area contributed by atoms with Crippen molar-refractivity contribution in [1.82, 2.24) is 9.21 Å². The van der Waals surface area contributed by atoms with Gasteiger partial charge in [0.25, 0.3) is 0 Å². The SMILES string of the molecule is CCOC(=O)CN(C)C(=O)C1CCN(S(C)(=O)=O)CC1. The van der Waals surface area contributed by atoms with Crippen LogP contribution in [0, 0.1) is 5.92 Å². The molecular weight excluding hydrogens is 284 g/mol. The molecule has 0 aliphatic carbocycles. The monoisotopic (exact) mass is 306 g/mol. The van der Waals surface area contributed by atoms with E-state index in [4.69, 9.17) is 4.74 Å². The molecule has 1 heterocycles. The number of ether oxygens (including phenoxy) is 1. The summed E-state index contributed by atoms with van der Waals surface area (Å²) < 4.78 is 28.9. The van der Waals surface area contributed by atoms with E-state index in [0.717, 1.165) is 0 Å². The van der Waals surface area contributed by atoms with Crippen LogP contribution in [0.1, 0.15) is 19.8 Å². The highest BCUT2D eigenvalue weighted by atomic mass is 32.2. The summed E-state index contributed by atoms with van der Waals surface area (Å²) in [7, 11) is -1.63. The molecule has 0 unspecified atom stereocenters. The average Bonchev–Trinajstić information content (AvgIpc) is 2.37. The molecule has 20 heavy (non-hydrogen) atoms. The van der Waals surface area contributed by atoms with E-state index in [9.17, 15) is 18.0 Å². The van der Waals surface area contributed by atoms with Crippen LogP contribution < -0.4 is 0 Å². The average molecular weight is 306 g/mol. The van der Waals surface area contributed by atoms with Gasteiger partial charge in [-0.3, -0.25) is 9.59 Å². The Labute approximate surface area is 119 Å². The topological polar surface area (TPSA) is 84.0 Å². The lowest BCUT2D eigenvalue weighted by Gasteiger charge is -2.31. The molecule has 0 bridgehead atoms. The van der Waals surface area contributed by atoms with Crippen molar-refractivity contribution < 1.29 is 22.7 Å². The van der Waals surface area contributed by atoms with Gasteiger partial charge in [0.1, 0.15) is 6.54 Å². The number of amides is 1. The van der Waals surface area contributed by atoms with Crippen molar-refractivity contribution in [3.63, 3.8) is 0 Å². The molecule has 1 amide bonds. The molecule has 0 saturated carbocycles. The fraction of sp³-hybridized carbons (Fsp3) is 0.833. The van der Waals surface area contributed by atoms with Gasteiger partial charge in [-0.25, -0.2) is 12.7 Å². The van der Waals surface area contributed by atoms with Crippen molar-refractivity contribution in [2.45, 2.75) is 19.8 Å². The number of carbonyl (C=O) groups is 2. The zero-order valence-electron chi connectivity index (χ0n) is 12.2. The van der Waals surface area contributed by atoms with E-state index in [-0.39, 0.29) is 25.0 Å². The second-order valence-electron chi connectivity index (χ2n) is 4.94. The molecule has 1 aliphatic rings. The van der Waals surface area contributed by atoms with Crippen LogP contribution in [0.2, 0.25) is 0 Å². The van der Waals surface area contributed by atoms with Crippen LogP contribution in [0.4, 0.5) is 0 Å². The second-order valence-corrected chi connectivity index (χ2v) is 6.92. The van der Waals surface area contributed by atoms with Crippen molar-refractivity contribution >= 4 is 21.9 Å². The third-order valence-electron chi connectivity index (χ3n) is 3.32. The summed E-state index contributed by atoms with van der Waals surface area (Å²) in [4.78, 5) is 24.8. The minimum atomic E-state index is -3.19. The van der Waals surface area contributed by atoms with Gasteiger partial charge in [0, 0.05) is 26.1 Å². The number of nitrogens with zero attached hydrogens (tertiary/aromatic N) is 2. The van der Waals surface area contributed by atoms with Crippen LogP contribution >= 0.6 is 0 Å². The molecule has 1 saturated heterocycles. The lowest BCUT2D eigenvalue weighted by Crippen LogP contribution is -2.44. The Morgan fingerprint density at radius 1 is 1.30 bits per heavy atom. The van der Waals surface area contributed by atoms with Crippen LogP contribution in [0.25, 0.3) is 0 Å². The Morgan fingerprint density at radius 2 is 1.85 bits per heavy atom. The number of sulfonamides is 1. The largest absolute Gasteiger partial charge is 0.465 e. The first-order valence-corrected chi connectivity index (χ1v) is 8.46. The number of hydrogen-bond donors (Lipinski definition) is 0. The first-order chi connectivity index (χ1) is 9.25. The molecule has 1 aliphatic heterocycles. The molecule has 1 rings (SSSR count). The highest BCUT2D eigenvalue weighted by molar-refractivity contribution is 7.88. The number of likely N-dealkylation sites (N-methyl/N-ethyl adjacent to an activating group) is 1. The second kappa shape index (κ2) is 7.03. The van der Waals surface area contributed by atoms with E-state index in [2.05, 4.69) is 0 Å². The first-order valence-electron chi connectivity index (χ1n) is 6.61.